The molecule has 2 N–H and O–H groups in total. The van der Waals surface area contributed by atoms with Crippen molar-refractivity contribution in [2.45, 2.75) is 18.7 Å². The molecule has 2 rings (SSSR count). The van der Waals surface area contributed by atoms with Crippen LogP contribution in [0, 0.1) is 19.7 Å². The number of halogens is 1. The van der Waals surface area contributed by atoms with Crippen LogP contribution in [0.1, 0.15) is 11.4 Å². The molecule has 0 aliphatic rings. The van der Waals surface area contributed by atoms with Crippen LogP contribution in [0.15, 0.2) is 29.2 Å². The van der Waals surface area contributed by atoms with Gasteiger partial charge in [-0.3, -0.25) is 14.3 Å². The van der Waals surface area contributed by atoms with E-state index < -0.39 is 0 Å². The van der Waals surface area contributed by atoms with Gasteiger partial charge in [0.1, 0.15) is 5.82 Å². The van der Waals surface area contributed by atoms with Gasteiger partial charge >= 0.3 is 0 Å². The Balaban J connectivity index is 1.76. The number of nitrogens with one attached hydrogen (secondary N) is 2. The summed E-state index contributed by atoms with van der Waals surface area (Å²) in [7, 11) is 1.80. The summed E-state index contributed by atoms with van der Waals surface area (Å²) in [6, 6.07) is 5.89. The lowest BCUT2D eigenvalue weighted by Crippen LogP contribution is -2.34. The number of benzene rings is 1. The van der Waals surface area contributed by atoms with Gasteiger partial charge < -0.3 is 10.6 Å². The number of rotatable bonds is 6. The molecule has 0 unspecified atom stereocenters. The first kappa shape index (κ1) is 18.0. The first-order valence-corrected chi connectivity index (χ1v) is 8.30. The Hall–Kier alpha value is -2.35. The number of aryl methyl sites for hydroxylation is 2. The molecule has 2 amide bonds. The van der Waals surface area contributed by atoms with E-state index in [1.54, 1.807) is 30.8 Å². The average Bonchev–Trinajstić information content (AvgIpc) is 2.78. The van der Waals surface area contributed by atoms with Crippen LogP contribution in [0.5, 0.6) is 0 Å². The van der Waals surface area contributed by atoms with Crippen molar-refractivity contribution in [1.29, 1.82) is 0 Å². The minimum absolute atomic E-state index is 0.114. The Labute approximate surface area is 143 Å². The van der Waals surface area contributed by atoms with Crippen LogP contribution >= 0.6 is 11.8 Å². The quantitative estimate of drug-likeness (QED) is 0.782. The van der Waals surface area contributed by atoms with Crippen LogP contribution in [0.3, 0.4) is 0 Å². The van der Waals surface area contributed by atoms with Gasteiger partial charge in [0, 0.05) is 11.9 Å². The minimum atomic E-state index is -0.318. The smallest absolute Gasteiger partial charge is 0.243 e. The third-order valence-corrected chi connectivity index (χ3v) is 4.42. The predicted molar refractivity (Wildman–Crippen MR) is 91.4 cm³/mol. The van der Waals surface area contributed by atoms with Gasteiger partial charge in [-0.15, -0.1) is 11.8 Å². The zero-order valence-electron chi connectivity index (χ0n) is 13.7. The maximum absolute atomic E-state index is 12.8. The molecule has 0 spiro atoms. The van der Waals surface area contributed by atoms with Gasteiger partial charge in [-0.25, -0.2) is 4.39 Å². The van der Waals surface area contributed by atoms with E-state index in [0.29, 0.717) is 5.69 Å². The fourth-order valence-corrected chi connectivity index (χ4v) is 2.78. The van der Waals surface area contributed by atoms with E-state index >= 15 is 0 Å². The summed E-state index contributed by atoms with van der Waals surface area (Å²) in [6.45, 7) is 3.55. The SMILES string of the molecule is Cc1nn(C)c(C)c1NC(=O)CNC(=O)CSc1ccc(F)cc1. The Bertz CT molecular complexity index is 743. The fourth-order valence-electron chi connectivity index (χ4n) is 2.05. The number of anilines is 1. The molecule has 6 nitrogen and oxygen atoms in total. The second kappa shape index (κ2) is 7.96. The second-order valence-electron chi connectivity index (χ2n) is 5.24. The maximum Gasteiger partial charge on any atom is 0.243 e. The van der Waals surface area contributed by atoms with Gasteiger partial charge in [0.2, 0.25) is 11.8 Å². The molecule has 24 heavy (non-hydrogen) atoms. The van der Waals surface area contributed by atoms with Crippen molar-refractivity contribution in [3.63, 3.8) is 0 Å². The molecule has 1 aromatic heterocycles. The van der Waals surface area contributed by atoms with Crippen LogP contribution in [0.4, 0.5) is 10.1 Å². The lowest BCUT2D eigenvalue weighted by Gasteiger charge is -2.07. The summed E-state index contributed by atoms with van der Waals surface area (Å²) in [5.41, 5.74) is 2.23. The Morgan fingerprint density at radius 3 is 2.46 bits per heavy atom. The van der Waals surface area contributed by atoms with Crippen molar-refractivity contribution in [3.8, 4) is 0 Å². The molecule has 1 aromatic carbocycles. The van der Waals surface area contributed by atoms with Crippen molar-refractivity contribution >= 4 is 29.3 Å². The van der Waals surface area contributed by atoms with Crippen molar-refractivity contribution in [2.75, 3.05) is 17.6 Å². The Kier molecular flexibility index (Phi) is 5.97. The Morgan fingerprint density at radius 2 is 1.88 bits per heavy atom. The number of hydrogen-bond acceptors (Lipinski definition) is 4. The van der Waals surface area contributed by atoms with E-state index in [-0.39, 0.29) is 29.9 Å². The van der Waals surface area contributed by atoms with Crippen molar-refractivity contribution in [2.24, 2.45) is 7.05 Å². The van der Waals surface area contributed by atoms with E-state index in [4.69, 9.17) is 0 Å². The lowest BCUT2D eigenvalue weighted by molar-refractivity contribution is -0.122. The van der Waals surface area contributed by atoms with Crippen LogP contribution < -0.4 is 10.6 Å². The molecule has 0 aliphatic heterocycles. The third-order valence-electron chi connectivity index (χ3n) is 3.40. The molecule has 0 fully saturated rings. The zero-order valence-corrected chi connectivity index (χ0v) is 14.5. The molecule has 2 aromatic rings. The van der Waals surface area contributed by atoms with Crippen molar-refractivity contribution in [1.82, 2.24) is 15.1 Å². The van der Waals surface area contributed by atoms with E-state index in [1.165, 1.54) is 23.9 Å². The summed E-state index contributed by atoms with van der Waals surface area (Å²) >= 11 is 1.28. The Morgan fingerprint density at radius 1 is 1.21 bits per heavy atom. The summed E-state index contributed by atoms with van der Waals surface area (Å²) < 4.78 is 14.5. The standard InChI is InChI=1S/C16H19FN4O2S/c1-10-16(11(2)21(3)20-10)19-14(22)8-18-15(23)9-24-13-6-4-12(17)5-7-13/h4-7H,8-9H2,1-3H3,(H,18,23)(H,19,22). The van der Waals surface area contributed by atoms with Gasteiger partial charge in [-0.05, 0) is 38.1 Å². The number of thioether (sulfide) groups is 1. The number of hydrogen-bond donors (Lipinski definition) is 2. The molecule has 0 atom stereocenters. The van der Waals surface area contributed by atoms with Gasteiger partial charge in [-0.2, -0.15) is 5.10 Å². The van der Waals surface area contributed by atoms with Gasteiger partial charge in [0.05, 0.1) is 29.4 Å². The topological polar surface area (TPSA) is 76.0 Å². The van der Waals surface area contributed by atoms with Crippen LogP contribution in [-0.4, -0.2) is 33.9 Å². The summed E-state index contributed by atoms with van der Waals surface area (Å²) in [5, 5.41) is 9.52. The largest absolute Gasteiger partial charge is 0.346 e. The van der Waals surface area contributed by atoms with Crippen LogP contribution in [0.2, 0.25) is 0 Å². The summed E-state index contributed by atoms with van der Waals surface area (Å²) in [5.74, 6) is -0.737. The minimum Gasteiger partial charge on any atom is -0.346 e. The lowest BCUT2D eigenvalue weighted by atomic mass is 10.3. The highest BCUT2D eigenvalue weighted by atomic mass is 32.2. The number of carbonyl (C=O) groups excluding carboxylic acids is 2. The third kappa shape index (κ3) is 4.82. The first-order valence-electron chi connectivity index (χ1n) is 7.32. The first-order chi connectivity index (χ1) is 11.4. The normalized spacial score (nSPS) is 10.5. The molecule has 0 saturated carbocycles. The number of amides is 2. The average molecular weight is 350 g/mol. The molecule has 0 radical (unpaired) electrons. The monoisotopic (exact) mass is 350 g/mol. The molecule has 8 heteroatoms. The molecular formula is C16H19FN4O2S. The maximum atomic E-state index is 12.8. The number of aromatic nitrogens is 2. The predicted octanol–water partition coefficient (Wildman–Crippen LogP) is 2.02. The number of nitrogens with zero attached hydrogens (tertiary/aromatic N) is 2. The molecule has 128 valence electrons. The van der Waals surface area contributed by atoms with Crippen molar-refractivity contribution in [3.05, 3.63) is 41.5 Å². The zero-order chi connectivity index (χ0) is 17.7. The molecule has 0 bridgehead atoms. The summed E-state index contributed by atoms with van der Waals surface area (Å²) in [6.07, 6.45) is 0. The van der Waals surface area contributed by atoms with E-state index in [9.17, 15) is 14.0 Å². The van der Waals surface area contributed by atoms with Gasteiger partial charge in [0.25, 0.3) is 0 Å². The highest BCUT2D eigenvalue weighted by Crippen LogP contribution is 2.18. The highest BCUT2D eigenvalue weighted by molar-refractivity contribution is 8.00. The van der Waals surface area contributed by atoms with E-state index in [0.717, 1.165) is 16.3 Å². The van der Waals surface area contributed by atoms with Crippen molar-refractivity contribution < 1.29 is 14.0 Å². The molecule has 0 aliphatic carbocycles. The van der Waals surface area contributed by atoms with E-state index in [2.05, 4.69) is 15.7 Å². The second-order valence-corrected chi connectivity index (χ2v) is 6.29. The fraction of sp³-hybridized carbons (Fsp3) is 0.312. The van der Waals surface area contributed by atoms with E-state index in [1.807, 2.05) is 6.92 Å². The summed E-state index contributed by atoms with van der Waals surface area (Å²) in [4.78, 5) is 24.5. The number of carbonyl (C=O) groups is 2. The molecular weight excluding hydrogens is 331 g/mol. The van der Waals surface area contributed by atoms with Crippen LogP contribution in [0.25, 0.3) is 0 Å². The molecule has 1 heterocycles. The van der Waals surface area contributed by atoms with Gasteiger partial charge in [-0.1, -0.05) is 0 Å². The molecule has 0 saturated heterocycles. The highest BCUT2D eigenvalue weighted by Gasteiger charge is 2.13. The van der Waals surface area contributed by atoms with Crippen LogP contribution in [-0.2, 0) is 16.6 Å². The van der Waals surface area contributed by atoms with Gasteiger partial charge in [0.15, 0.2) is 0 Å².